The Bertz CT molecular complexity index is 1130. The van der Waals surface area contributed by atoms with Crippen molar-refractivity contribution in [2.24, 2.45) is 0 Å². The topological polar surface area (TPSA) is 81.0 Å². The summed E-state index contributed by atoms with van der Waals surface area (Å²) in [6, 6.07) is 10.1. The van der Waals surface area contributed by atoms with Gasteiger partial charge in [-0.25, -0.2) is 4.98 Å². The van der Waals surface area contributed by atoms with Gasteiger partial charge in [0, 0.05) is 29.1 Å². The van der Waals surface area contributed by atoms with E-state index in [1.54, 1.807) is 12.4 Å². The molecule has 1 fully saturated rings. The van der Waals surface area contributed by atoms with Gasteiger partial charge in [-0.1, -0.05) is 30.3 Å². The molecule has 0 unspecified atom stereocenters. The fraction of sp³-hybridized carbons (Fsp3) is 0.333. The van der Waals surface area contributed by atoms with Gasteiger partial charge < -0.3 is 9.72 Å². The molecule has 3 aromatic heterocycles. The first-order chi connectivity index (χ1) is 13.9. The molecule has 7 nitrogen and oxygen atoms in total. The molecular weight excluding hydrogens is 352 g/mol. The van der Waals surface area contributed by atoms with Gasteiger partial charge >= 0.3 is 0 Å². The SMILES string of the molecule is c1ccc(-c2nnc3c4c(c(OCc5ncc[nH]5)nn23)C2CCC4CC2)cc1. The quantitative estimate of drug-likeness (QED) is 0.588. The van der Waals surface area contributed by atoms with E-state index in [1.807, 2.05) is 34.8 Å². The van der Waals surface area contributed by atoms with E-state index in [4.69, 9.17) is 9.84 Å². The van der Waals surface area contributed by atoms with Gasteiger partial charge in [-0.2, -0.15) is 4.52 Å². The molecule has 4 aromatic rings. The molecule has 1 N–H and O–H groups in total. The zero-order valence-corrected chi connectivity index (χ0v) is 15.4. The molecular formula is C21H20N6O. The summed E-state index contributed by atoms with van der Waals surface area (Å²) in [6.45, 7) is 0.373. The van der Waals surface area contributed by atoms with E-state index in [2.05, 4.69) is 20.2 Å². The number of aromatic amines is 1. The molecule has 0 radical (unpaired) electrons. The van der Waals surface area contributed by atoms with E-state index in [0.717, 1.165) is 22.9 Å². The predicted octanol–water partition coefficient (Wildman–Crippen LogP) is 3.85. The van der Waals surface area contributed by atoms with Crippen LogP contribution in [0.4, 0.5) is 0 Å². The number of imidazole rings is 1. The van der Waals surface area contributed by atoms with Crippen molar-refractivity contribution in [1.82, 2.24) is 29.8 Å². The summed E-state index contributed by atoms with van der Waals surface area (Å²) in [7, 11) is 0. The summed E-state index contributed by atoms with van der Waals surface area (Å²) < 4.78 is 8.06. The van der Waals surface area contributed by atoms with E-state index >= 15 is 0 Å². The summed E-state index contributed by atoms with van der Waals surface area (Å²) in [5, 5.41) is 13.9. The Kier molecular flexibility index (Phi) is 3.47. The van der Waals surface area contributed by atoms with Gasteiger partial charge in [-0.15, -0.1) is 15.3 Å². The van der Waals surface area contributed by atoms with E-state index in [-0.39, 0.29) is 0 Å². The van der Waals surface area contributed by atoms with Crippen molar-refractivity contribution in [3.8, 4) is 17.3 Å². The van der Waals surface area contributed by atoms with Crippen LogP contribution < -0.4 is 4.74 Å². The van der Waals surface area contributed by atoms with Gasteiger partial charge in [0.05, 0.1) is 0 Å². The third-order valence-electron chi connectivity index (χ3n) is 6.07. The zero-order valence-electron chi connectivity index (χ0n) is 15.4. The maximum atomic E-state index is 6.19. The molecule has 7 heteroatoms. The molecule has 2 bridgehead atoms. The van der Waals surface area contributed by atoms with Crippen molar-refractivity contribution in [3.63, 3.8) is 0 Å². The molecule has 0 amide bonds. The van der Waals surface area contributed by atoms with Gasteiger partial charge in [0.2, 0.25) is 5.88 Å². The van der Waals surface area contributed by atoms with Crippen LogP contribution >= 0.6 is 0 Å². The lowest BCUT2D eigenvalue weighted by atomic mass is 9.67. The largest absolute Gasteiger partial charge is 0.468 e. The van der Waals surface area contributed by atoms with Crippen molar-refractivity contribution < 1.29 is 4.74 Å². The first-order valence-electron chi connectivity index (χ1n) is 9.84. The maximum Gasteiger partial charge on any atom is 0.236 e. The summed E-state index contributed by atoms with van der Waals surface area (Å²) in [6.07, 6.45) is 8.36. The minimum atomic E-state index is 0.373. The fourth-order valence-corrected chi connectivity index (χ4v) is 4.78. The number of fused-ring (bicyclic) bond motifs is 3. The van der Waals surface area contributed by atoms with Gasteiger partial charge in [-0.3, -0.25) is 0 Å². The molecule has 28 heavy (non-hydrogen) atoms. The predicted molar refractivity (Wildman–Crippen MR) is 103 cm³/mol. The van der Waals surface area contributed by atoms with Crippen LogP contribution in [0.5, 0.6) is 5.88 Å². The number of hydrogen-bond donors (Lipinski definition) is 1. The van der Waals surface area contributed by atoms with Crippen LogP contribution in [-0.2, 0) is 6.61 Å². The summed E-state index contributed by atoms with van der Waals surface area (Å²) in [5.74, 6) is 3.27. The number of hydrogen-bond acceptors (Lipinski definition) is 5. The number of ether oxygens (including phenoxy) is 1. The van der Waals surface area contributed by atoms with Crippen LogP contribution in [0.15, 0.2) is 42.7 Å². The van der Waals surface area contributed by atoms with Crippen molar-refractivity contribution in [1.29, 1.82) is 0 Å². The van der Waals surface area contributed by atoms with Gasteiger partial charge in [-0.05, 0) is 37.5 Å². The molecule has 3 heterocycles. The number of rotatable bonds is 4. The normalized spacial score (nSPS) is 20.4. The second-order valence-electron chi connectivity index (χ2n) is 7.63. The van der Waals surface area contributed by atoms with Crippen molar-refractivity contribution in [2.75, 3.05) is 0 Å². The molecule has 0 atom stereocenters. The van der Waals surface area contributed by atoms with E-state index in [1.165, 1.54) is 36.8 Å². The van der Waals surface area contributed by atoms with Crippen molar-refractivity contribution >= 4 is 5.65 Å². The molecule has 0 aliphatic heterocycles. The van der Waals surface area contributed by atoms with E-state index in [9.17, 15) is 0 Å². The summed E-state index contributed by atoms with van der Waals surface area (Å²) in [5.41, 5.74) is 4.42. The van der Waals surface area contributed by atoms with Crippen LogP contribution in [-0.4, -0.2) is 29.8 Å². The molecule has 1 saturated carbocycles. The monoisotopic (exact) mass is 372 g/mol. The number of H-pyrrole nitrogens is 1. The highest BCUT2D eigenvalue weighted by atomic mass is 16.5. The van der Waals surface area contributed by atoms with Crippen LogP contribution in [0.3, 0.4) is 0 Å². The highest BCUT2D eigenvalue weighted by molar-refractivity contribution is 5.65. The first-order valence-corrected chi connectivity index (χ1v) is 9.84. The van der Waals surface area contributed by atoms with Gasteiger partial charge in [0.15, 0.2) is 11.5 Å². The molecule has 0 spiro atoms. The third-order valence-corrected chi connectivity index (χ3v) is 6.07. The number of nitrogens with one attached hydrogen (secondary N) is 1. The Morgan fingerprint density at radius 3 is 2.54 bits per heavy atom. The second kappa shape index (κ2) is 6.15. The second-order valence-corrected chi connectivity index (χ2v) is 7.63. The third kappa shape index (κ3) is 2.35. The lowest BCUT2D eigenvalue weighted by Gasteiger charge is -2.38. The Labute approximate surface area is 161 Å². The highest BCUT2D eigenvalue weighted by Gasteiger charge is 2.39. The van der Waals surface area contributed by atoms with Gasteiger partial charge in [0.1, 0.15) is 12.4 Å². The van der Waals surface area contributed by atoms with Gasteiger partial charge in [0.25, 0.3) is 0 Å². The molecule has 3 aliphatic carbocycles. The minimum Gasteiger partial charge on any atom is -0.468 e. The highest BCUT2D eigenvalue weighted by Crippen LogP contribution is 2.53. The Morgan fingerprint density at radius 2 is 1.79 bits per heavy atom. The van der Waals surface area contributed by atoms with Crippen molar-refractivity contribution in [2.45, 2.75) is 44.1 Å². The van der Waals surface area contributed by atoms with Crippen LogP contribution in [0.2, 0.25) is 0 Å². The fourth-order valence-electron chi connectivity index (χ4n) is 4.78. The van der Waals surface area contributed by atoms with E-state index < -0.39 is 0 Å². The lowest BCUT2D eigenvalue weighted by molar-refractivity contribution is 0.262. The maximum absolute atomic E-state index is 6.19. The number of nitrogens with zero attached hydrogens (tertiary/aromatic N) is 5. The summed E-state index contributed by atoms with van der Waals surface area (Å²) in [4.78, 5) is 7.36. The number of aromatic nitrogens is 6. The van der Waals surface area contributed by atoms with E-state index in [0.29, 0.717) is 24.3 Å². The molecule has 140 valence electrons. The molecule has 0 saturated heterocycles. The summed E-state index contributed by atoms with van der Waals surface area (Å²) >= 11 is 0. The first kappa shape index (κ1) is 15.8. The van der Waals surface area contributed by atoms with Crippen LogP contribution in [0.25, 0.3) is 17.0 Å². The standard InChI is InChI=1S/C21H20N6O/c1-2-4-15(5-3-1)19-24-25-20-17-13-6-8-14(9-7-13)18(17)21(26-27(19)20)28-12-16-22-10-11-23-16/h1-5,10-11,13-14H,6-9,12H2,(H,22,23). The average Bonchev–Trinajstić information content (AvgIpc) is 3.43. The Morgan fingerprint density at radius 1 is 1.00 bits per heavy atom. The number of benzene rings is 1. The smallest absolute Gasteiger partial charge is 0.236 e. The lowest BCUT2D eigenvalue weighted by Crippen LogP contribution is -2.25. The van der Waals surface area contributed by atoms with Crippen LogP contribution in [0, 0.1) is 0 Å². The molecule has 7 rings (SSSR count). The Balaban J connectivity index is 1.54. The molecule has 1 aromatic carbocycles. The van der Waals surface area contributed by atoms with Crippen LogP contribution in [0.1, 0.15) is 54.5 Å². The molecule has 3 aliphatic rings. The minimum absolute atomic E-state index is 0.373. The van der Waals surface area contributed by atoms with Crippen molar-refractivity contribution in [3.05, 3.63) is 59.7 Å². The average molecular weight is 372 g/mol. The zero-order chi connectivity index (χ0) is 18.5. The Hall–Kier alpha value is -3.22.